The van der Waals surface area contributed by atoms with Crippen molar-refractivity contribution >= 4 is 12.0 Å². The monoisotopic (exact) mass is 272 g/mol. The smallest absolute Gasteiger partial charge is 0.332 e. The Balaban J connectivity index is 2.34. The van der Waals surface area contributed by atoms with Crippen molar-refractivity contribution in [1.29, 1.82) is 0 Å². The van der Waals surface area contributed by atoms with E-state index in [4.69, 9.17) is 10.2 Å². The van der Waals surface area contributed by atoms with E-state index in [0.717, 1.165) is 25.7 Å². The summed E-state index contributed by atoms with van der Waals surface area (Å²) in [6.45, 7) is 2.77. The minimum Gasteiger partial charge on any atom is -0.479 e. The molecule has 1 fully saturated rings. The zero-order valence-corrected chi connectivity index (χ0v) is 11.5. The molecule has 1 aliphatic carbocycles. The number of urea groups is 1. The van der Waals surface area contributed by atoms with Crippen LogP contribution in [0.2, 0.25) is 0 Å². The van der Waals surface area contributed by atoms with Crippen LogP contribution in [-0.4, -0.2) is 52.3 Å². The van der Waals surface area contributed by atoms with Crippen molar-refractivity contribution in [3.05, 3.63) is 0 Å². The van der Waals surface area contributed by atoms with Crippen LogP contribution in [0, 0.1) is 0 Å². The lowest BCUT2D eigenvalue weighted by Gasteiger charge is -2.33. The van der Waals surface area contributed by atoms with Gasteiger partial charge in [0.2, 0.25) is 0 Å². The lowest BCUT2D eigenvalue weighted by atomic mass is 9.94. The van der Waals surface area contributed by atoms with Gasteiger partial charge >= 0.3 is 12.0 Å². The van der Waals surface area contributed by atoms with Gasteiger partial charge in [-0.15, -0.1) is 0 Å². The Morgan fingerprint density at radius 3 is 2.47 bits per heavy atom. The normalized spacial score (nSPS) is 17.8. The summed E-state index contributed by atoms with van der Waals surface area (Å²) in [4.78, 5) is 24.3. The van der Waals surface area contributed by atoms with Gasteiger partial charge in [-0.3, -0.25) is 0 Å². The molecule has 0 aromatic rings. The summed E-state index contributed by atoms with van der Waals surface area (Å²) < 4.78 is 0. The Kier molecular flexibility index (Phi) is 6.62. The summed E-state index contributed by atoms with van der Waals surface area (Å²) in [5.74, 6) is -1.26. The minimum atomic E-state index is -1.41. The summed E-state index contributed by atoms with van der Waals surface area (Å²) in [6, 6.07) is 0.134. The summed E-state index contributed by atoms with van der Waals surface area (Å²) in [5.41, 5.74) is 0. The average molecular weight is 272 g/mol. The molecule has 1 rings (SSSR count). The van der Waals surface area contributed by atoms with Crippen LogP contribution in [0.4, 0.5) is 4.79 Å². The Labute approximate surface area is 113 Å². The van der Waals surface area contributed by atoms with Gasteiger partial charge in [0.05, 0.1) is 0 Å². The number of carbonyl (C=O) groups excluding carboxylic acids is 1. The average Bonchev–Trinajstić information content (AvgIpc) is 2.40. The van der Waals surface area contributed by atoms with Gasteiger partial charge in [-0.25, -0.2) is 9.59 Å². The molecule has 19 heavy (non-hydrogen) atoms. The largest absolute Gasteiger partial charge is 0.479 e. The number of aliphatic hydroxyl groups excluding tert-OH is 1. The van der Waals surface area contributed by atoms with Crippen molar-refractivity contribution in [2.24, 2.45) is 0 Å². The minimum absolute atomic E-state index is 0.0310. The molecule has 0 radical (unpaired) electrons. The van der Waals surface area contributed by atoms with Crippen LogP contribution in [0.25, 0.3) is 0 Å². The summed E-state index contributed by atoms with van der Waals surface area (Å²) in [5, 5.41) is 20.3. The van der Waals surface area contributed by atoms with Crippen LogP contribution in [-0.2, 0) is 4.79 Å². The van der Waals surface area contributed by atoms with Crippen LogP contribution < -0.4 is 5.32 Å². The number of carboxylic acids is 1. The molecule has 1 aliphatic rings. The fourth-order valence-electron chi connectivity index (χ4n) is 2.50. The van der Waals surface area contributed by atoms with E-state index >= 15 is 0 Å². The second kappa shape index (κ2) is 7.99. The van der Waals surface area contributed by atoms with Gasteiger partial charge in [0.15, 0.2) is 6.10 Å². The molecule has 2 amide bonds. The molecule has 3 N–H and O–H groups in total. The molecular weight excluding hydrogens is 248 g/mol. The lowest BCUT2D eigenvalue weighted by Crippen LogP contribution is -2.47. The Morgan fingerprint density at radius 2 is 1.95 bits per heavy atom. The fourth-order valence-corrected chi connectivity index (χ4v) is 2.50. The van der Waals surface area contributed by atoms with Crippen LogP contribution in [0.15, 0.2) is 0 Å². The predicted molar refractivity (Wildman–Crippen MR) is 70.9 cm³/mol. The van der Waals surface area contributed by atoms with Crippen molar-refractivity contribution in [2.75, 3.05) is 13.1 Å². The van der Waals surface area contributed by atoms with Crippen LogP contribution in [0.1, 0.15) is 45.4 Å². The summed E-state index contributed by atoms with van der Waals surface area (Å²) in [6.07, 6.45) is 4.25. The molecule has 6 heteroatoms. The summed E-state index contributed by atoms with van der Waals surface area (Å²) >= 11 is 0. The lowest BCUT2D eigenvalue weighted by molar-refractivity contribution is -0.146. The molecule has 1 atom stereocenters. The first-order valence-corrected chi connectivity index (χ1v) is 7.01. The number of amides is 2. The molecular formula is C13H24N2O4. The molecule has 0 aromatic carbocycles. The molecule has 110 valence electrons. The van der Waals surface area contributed by atoms with Gasteiger partial charge in [0.25, 0.3) is 0 Å². The highest BCUT2D eigenvalue weighted by Crippen LogP contribution is 2.22. The van der Waals surface area contributed by atoms with E-state index in [2.05, 4.69) is 5.32 Å². The van der Waals surface area contributed by atoms with Gasteiger partial charge in [-0.2, -0.15) is 0 Å². The van der Waals surface area contributed by atoms with Gasteiger partial charge in [-0.1, -0.05) is 19.3 Å². The van der Waals surface area contributed by atoms with E-state index < -0.39 is 12.1 Å². The highest BCUT2D eigenvalue weighted by Gasteiger charge is 2.24. The van der Waals surface area contributed by atoms with Crippen LogP contribution in [0.3, 0.4) is 0 Å². The fraction of sp³-hybridized carbons (Fsp3) is 0.846. The molecule has 0 heterocycles. The van der Waals surface area contributed by atoms with E-state index in [1.165, 1.54) is 6.42 Å². The predicted octanol–water partition coefficient (Wildman–Crippen LogP) is 1.19. The maximum Gasteiger partial charge on any atom is 0.332 e. The van der Waals surface area contributed by atoms with Crippen molar-refractivity contribution in [2.45, 2.75) is 57.6 Å². The van der Waals surface area contributed by atoms with Crippen LogP contribution >= 0.6 is 0 Å². The van der Waals surface area contributed by atoms with E-state index in [0.29, 0.717) is 12.6 Å². The molecule has 1 saturated carbocycles. The molecule has 0 aliphatic heterocycles. The van der Waals surface area contributed by atoms with Crippen molar-refractivity contribution in [3.8, 4) is 0 Å². The Morgan fingerprint density at radius 1 is 1.32 bits per heavy atom. The first-order chi connectivity index (χ1) is 9.06. The topological polar surface area (TPSA) is 89.9 Å². The van der Waals surface area contributed by atoms with Crippen molar-refractivity contribution < 1.29 is 19.8 Å². The number of carboxylic acid groups (broad SMARTS) is 1. The number of hydrogen-bond donors (Lipinski definition) is 3. The van der Waals surface area contributed by atoms with Crippen LogP contribution in [0.5, 0.6) is 0 Å². The van der Waals surface area contributed by atoms with E-state index in [9.17, 15) is 9.59 Å². The zero-order chi connectivity index (χ0) is 14.3. The zero-order valence-electron chi connectivity index (χ0n) is 11.5. The first kappa shape index (κ1) is 15.8. The highest BCUT2D eigenvalue weighted by atomic mass is 16.4. The van der Waals surface area contributed by atoms with Crippen molar-refractivity contribution in [3.63, 3.8) is 0 Å². The van der Waals surface area contributed by atoms with Gasteiger partial charge in [0.1, 0.15) is 0 Å². The molecule has 6 nitrogen and oxygen atoms in total. The Hall–Kier alpha value is -1.30. The molecule has 0 unspecified atom stereocenters. The standard InChI is InChI=1S/C13H24N2O4/c1-2-15(10-6-4-3-5-7-10)13(19)14-9-8-11(16)12(17)18/h10-11,16H,2-9H2,1H3,(H,14,19)(H,17,18)/t11-/m0/s1. The van der Waals surface area contributed by atoms with Gasteiger partial charge < -0.3 is 20.4 Å². The van der Waals surface area contributed by atoms with Crippen molar-refractivity contribution in [1.82, 2.24) is 10.2 Å². The number of nitrogens with zero attached hydrogens (tertiary/aromatic N) is 1. The number of aliphatic hydroxyl groups is 1. The molecule has 0 saturated heterocycles. The third kappa shape index (κ3) is 5.06. The molecule has 0 aromatic heterocycles. The quantitative estimate of drug-likeness (QED) is 0.677. The van der Waals surface area contributed by atoms with Gasteiger partial charge in [-0.05, 0) is 19.8 Å². The third-order valence-electron chi connectivity index (χ3n) is 3.60. The number of nitrogens with one attached hydrogen (secondary N) is 1. The number of hydrogen-bond acceptors (Lipinski definition) is 3. The van der Waals surface area contributed by atoms with Gasteiger partial charge in [0, 0.05) is 25.6 Å². The van der Waals surface area contributed by atoms with E-state index in [-0.39, 0.29) is 19.0 Å². The first-order valence-electron chi connectivity index (χ1n) is 7.01. The highest BCUT2D eigenvalue weighted by molar-refractivity contribution is 5.75. The second-order valence-electron chi connectivity index (χ2n) is 4.95. The maximum atomic E-state index is 12.0. The summed E-state index contributed by atoms with van der Waals surface area (Å²) in [7, 11) is 0. The number of carbonyl (C=O) groups is 2. The molecule has 0 spiro atoms. The molecule has 0 bridgehead atoms. The Bertz CT molecular complexity index is 303. The number of rotatable bonds is 6. The van der Waals surface area contributed by atoms with E-state index in [1.54, 1.807) is 0 Å². The third-order valence-corrected chi connectivity index (χ3v) is 3.60. The van der Waals surface area contributed by atoms with E-state index in [1.807, 2.05) is 11.8 Å². The second-order valence-corrected chi connectivity index (χ2v) is 4.95. The maximum absolute atomic E-state index is 12.0. The number of aliphatic carboxylic acids is 1. The SMILES string of the molecule is CCN(C(=O)NCC[C@H](O)C(=O)O)C1CCCCC1.